The SMILES string of the molecule is O=C(CC(=O)N/N=C/c1ccccn1)NCc1cccnc1. The van der Waals surface area contributed by atoms with E-state index in [2.05, 4.69) is 25.8 Å². The number of carbonyl (C=O) groups is 2. The van der Waals surface area contributed by atoms with Crippen molar-refractivity contribution >= 4 is 18.0 Å². The van der Waals surface area contributed by atoms with E-state index >= 15 is 0 Å². The molecule has 2 amide bonds. The van der Waals surface area contributed by atoms with Crippen LogP contribution >= 0.6 is 0 Å². The summed E-state index contributed by atoms with van der Waals surface area (Å²) in [4.78, 5) is 31.1. The molecule has 2 heterocycles. The molecule has 0 aliphatic carbocycles. The molecule has 0 saturated heterocycles. The highest BCUT2D eigenvalue weighted by Gasteiger charge is 2.08. The third kappa shape index (κ3) is 5.49. The van der Waals surface area contributed by atoms with Crippen molar-refractivity contribution in [3.8, 4) is 0 Å². The largest absolute Gasteiger partial charge is 0.352 e. The van der Waals surface area contributed by atoms with Gasteiger partial charge >= 0.3 is 0 Å². The minimum Gasteiger partial charge on any atom is -0.352 e. The van der Waals surface area contributed by atoms with Crippen molar-refractivity contribution < 1.29 is 9.59 Å². The van der Waals surface area contributed by atoms with Crippen LogP contribution in [0.3, 0.4) is 0 Å². The van der Waals surface area contributed by atoms with E-state index < -0.39 is 5.91 Å². The quantitative estimate of drug-likeness (QED) is 0.464. The molecule has 112 valence electrons. The molecule has 0 aromatic carbocycles. The van der Waals surface area contributed by atoms with Gasteiger partial charge in [0.1, 0.15) is 6.42 Å². The normalized spacial score (nSPS) is 10.4. The third-order valence-corrected chi connectivity index (χ3v) is 2.61. The van der Waals surface area contributed by atoms with Crippen LogP contribution in [0, 0.1) is 0 Å². The highest BCUT2D eigenvalue weighted by atomic mass is 16.2. The topological polar surface area (TPSA) is 96.3 Å². The van der Waals surface area contributed by atoms with Gasteiger partial charge in [0.25, 0.3) is 0 Å². The van der Waals surface area contributed by atoms with Crippen molar-refractivity contribution in [2.45, 2.75) is 13.0 Å². The Hall–Kier alpha value is -3.09. The number of nitrogens with zero attached hydrogens (tertiary/aromatic N) is 3. The number of aromatic nitrogens is 2. The first-order valence-corrected chi connectivity index (χ1v) is 6.62. The van der Waals surface area contributed by atoms with Gasteiger partial charge in [-0.15, -0.1) is 0 Å². The molecule has 0 radical (unpaired) electrons. The number of hydrazone groups is 1. The Balaban J connectivity index is 1.70. The summed E-state index contributed by atoms with van der Waals surface area (Å²) in [5.74, 6) is -0.870. The van der Waals surface area contributed by atoms with E-state index in [0.717, 1.165) is 5.56 Å². The number of hydrogen-bond donors (Lipinski definition) is 2. The fourth-order valence-corrected chi connectivity index (χ4v) is 1.57. The van der Waals surface area contributed by atoms with Crippen LogP contribution in [0.5, 0.6) is 0 Å². The predicted octanol–water partition coefficient (Wildman–Crippen LogP) is 0.633. The molecular weight excluding hydrogens is 282 g/mol. The zero-order chi connectivity index (χ0) is 15.6. The maximum Gasteiger partial charge on any atom is 0.249 e. The van der Waals surface area contributed by atoms with Crippen LogP contribution in [0.4, 0.5) is 0 Å². The van der Waals surface area contributed by atoms with Crippen molar-refractivity contribution in [2.75, 3.05) is 0 Å². The summed E-state index contributed by atoms with van der Waals surface area (Å²) >= 11 is 0. The van der Waals surface area contributed by atoms with Crippen LogP contribution < -0.4 is 10.7 Å². The van der Waals surface area contributed by atoms with Gasteiger partial charge in [-0.05, 0) is 23.8 Å². The molecule has 7 nitrogen and oxygen atoms in total. The summed E-state index contributed by atoms with van der Waals surface area (Å²) in [5, 5.41) is 6.37. The minimum atomic E-state index is -0.490. The number of carbonyl (C=O) groups excluding carboxylic acids is 2. The second-order valence-corrected chi connectivity index (χ2v) is 4.36. The number of nitrogens with one attached hydrogen (secondary N) is 2. The van der Waals surface area contributed by atoms with Gasteiger partial charge in [-0.25, -0.2) is 5.43 Å². The Morgan fingerprint density at radius 1 is 1.14 bits per heavy atom. The lowest BCUT2D eigenvalue weighted by atomic mass is 10.3. The molecule has 0 atom stereocenters. The molecule has 0 fully saturated rings. The average molecular weight is 297 g/mol. The van der Waals surface area contributed by atoms with Gasteiger partial charge in [-0.1, -0.05) is 12.1 Å². The number of amides is 2. The lowest BCUT2D eigenvalue weighted by Crippen LogP contribution is -2.29. The molecule has 0 unspecified atom stereocenters. The van der Waals surface area contributed by atoms with Gasteiger partial charge in [0.2, 0.25) is 11.8 Å². The smallest absolute Gasteiger partial charge is 0.249 e. The van der Waals surface area contributed by atoms with Crippen molar-refractivity contribution in [3.05, 3.63) is 60.2 Å². The lowest BCUT2D eigenvalue weighted by Gasteiger charge is -2.04. The van der Waals surface area contributed by atoms with Gasteiger partial charge in [0, 0.05) is 25.1 Å². The summed E-state index contributed by atoms with van der Waals surface area (Å²) < 4.78 is 0. The Morgan fingerprint density at radius 3 is 2.77 bits per heavy atom. The van der Waals surface area contributed by atoms with Gasteiger partial charge in [-0.3, -0.25) is 19.6 Å². The summed E-state index contributed by atoms with van der Waals surface area (Å²) in [7, 11) is 0. The Morgan fingerprint density at radius 2 is 2.05 bits per heavy atom. The van der Waals surface area contributed by atoms with Crippen LogP contribution in [0.1, 0.15) is 17.7 Å². The van der Waals surface area contributed by atoms with Gasteiger partial charge < -0.3 is 5.32 Å². The van der Waals surface area contributed by atoms with Gasteiger partial charge in [0.05, 0.1) is 11.9 Å². The monoisotopic (exact) mass is 297 g/mol. The molecular formula is C15H15N5O2. The van der Waals surface area contributed by atoms with Crippen LogP contribution in [-0.4, -0.2) is 28.0 Å². The molecule has 0 bridgehead atoms. The highest BCUT2D eigenvalue weighted by molar-refractivity contribution is 5.97. The fourth-order valence-electron chi connectivity index (χ4n) is 1.57. The maximum atomic E-state index is 11.6. The van der Waals surface area contributed by atoms with Gasteiger partial charge in [0.15, 0.2) is 0 Å². The average Bonchev–Trinajstić information content (AvgIpc) is 2.55. The van der Waals surface area contributed by atoms with Crippen LogP contribution in [0.2, 0.25) is 0 Å². The van der Waals surface area contributed by atoms with Crippen molar-refractivity contribution in [3.63, 3.8) is 0 Å². The van der Waals surface area contributed by atoms with Crippen molar-refractivity contribution in [1.29, 1.82) is 0 Å². The second-order valence-electron chi connectivity index (χ2n) is 4.36. The summed E-state index contributed by atoms with van der Waals surface area (Å²) in [6.07, 6.45) is 6.04. The van der Waals surface area contributed by atoms with Crippen LogP contribution in [0.15, 0.2) is 54.0 Å². The van der Waals surface area contributed by atoms with E-state index in [1.807, 2.05) is 12.1 Å². The first-order valence-electron chi connectivity index (χ1n) is 6.62. The molecule has 0 aliphatic heterocycles. The molecule has 0 aliphatic rings. The molecule has 0 saturated carbocycles. The van der Waals surface area contributed by atoms with E-state index in [9.17, 15) is 9.59 Å². The highest BCUT2D eigenvalue weighted by Crippen LogP contribution is 1.94. The first-order chi connectivity index (χ1) is 10.7. The molecule has 0 spiro atoms. The lowest BCUT2D eigenvalue weighted by molar-refractivity contribution is -0.129. The van der Waals surface area contributed by atoms with E-state index in [4.69, 9.17) is 0 Å². The van der Waals surface area contributed by atoms with Crippen LogP contribution in [0.25, 0.3) is 0 Å². The van der Waals surface area contributed by atoms with E-state index in [0.29, 0.717) is 12.2 Å². The maximum absolute atomic E-state index is 11.6. The molecule has 22 heavy (non-hydrogen) atoms. The minimum absolute atomic E-state index is 0.292. The molecule has 2 N–H and O–H groups in total. The Labute approximate surface area is 127 Å². The zero-order valence-electron chi connectivity index (χ0n) is 11.8. The molecule has 2 aromatic rings. The van der Waals surface area contributed by atoms with Crippen LogP contribution in [-0.2, 0) is 16.1 Å². The molecule has 7 heteroatoms. The third-order valence-electron chi connectivity index (χ3n) is 2.61. The fraction of sp³-hybridized carbons (Fsp3) is 0.133. The second kappa shape index (κ2) is 8.25. The van der Waals surface area contributed by atoms with E-state index in [-0.39, 0.29) is 12.3 Å². The Bertz CT molecular complexity index is 643. The van der Waals surface area contributed by atoms with E-state index in [1.54, 1.807) is 36.8 Å². The molecule has 2 aromatic heterocycles. The first kappa shape index (κ1) is 15.3. The Kier molecular flexibility index (Phi) is 5.74. The van der Waals surface area contributed by atoms with E-state index in [1.165, 1.54) is 6.21 Å². The van der Waals surface area contributed by atoms with Crippen molar-refractivity contribution in [2.24, 2.45) is 5.10 Å². The van der Waals surface area contributed by atoms with Gasteiger partial charge in [-0.2, -0.15) is 5.10 Å². The summed E-state index contributed by atoms with van der Waals surface area (Å²) in [6, 6.07) is 8.95. The zero-order valence-corrected chi connectivity index (χ0v) is 11.8. The number of pyridine rings is 2. The molecule has 2 rings (SSSR count). The van der Waals surface area contributed by atoms with Crippen molar-refractivity contribution in [1.82, 2.24) is 20.7 Å². The summed E-state index contributed by atoms with van der Waals surface area (Å²) in [5.41, 5.74) is 3.76. The predicted molar refractivity (Wildman–Crippen MR) is 80.7 cm³/mol. The number of hydrogen-bond acceptors (Lipinski definition) is 5. The number of rotatable bonds is 6. The summed E-state index contributed by atoms with van der Waals surface area (Å²) in [6.45, 7) is 0.331. The standard InChI is InChI=1S/C15H15N5O2/c21-14(18-10-12-4-3-6-16-9-12)8-15(22)20-19-11-13-5-1-2-7-17-13/h1-7,9,11H,8,10H2,(H,18,21)(H,20,22)/b19-11+.